The Labute approximate surface area is 98.5 Å². The van der Waals surface area contributed by atoms with E-state index in [1.165, 1.54) is 0 Å². The van der Waals surface area contributed by atoms with Crippen LogP contribution in [-0.4, -0.2) is 61.6 Å². The molecule has 0 aromatic carbocycles. The summed E-state index contributed by atoms with van der Waals surface area (Å²) in [6, 6.07) is 0.309. The Hall–Kier alpha value is -0.610. The number of likely N-dealkylation sites (N-methyl/N-ethyl adjacent to an activating group) is 1. The maximum absolute atomic E-state index is 12.1. The molecule has 0 aromatic rings. The summed E-state index contributed by atoms with van der Waals surface area (Å²) in [5.41, 5.74) is 0. The average molecular weight is 228 g/mol. The number of ether oxygens (including phenoxy) is 1. The topological polar surface area (TPSA) is 32.8 Å². The molecule has 0 radical (unpaired) electrons. The van der Waals surface area contributed by atoms with Crippen molar-refractivity contribution in [1.29, 1.82) is 0 Å². The number of amides is 1. The molecular weight excluding hydrogens is 204 g/mol. The van der Waals surface area contributed by atoms with Crippen molar-refractivity contribution in [3.63, 3.8) is 0 Å². The molecule has 4 nitrogen and oxygen atoms in total. The molecule has 16 heavy (non-hydrogen) atoms. The molecule has 2 atom stereocenters. The van der Waals surface area contributed by atoms with E-state index in [1.54, 1.807) is 7.11 Å². The van der Waals surface area contributed by atoms with E-state index in [-0.39, 0.29) is 12.0 Å². The van der Waals surface area contributed by atoms with Crippen molar-refractivity contribution in [2.24, 2.45) is 5.92 Å². The molecule has 0 aromatic heterocycles. The Balaban J connectivity index is 2.72. The number of carbonyl (C=O) groups excluding carboxylic acids is 1. The lowest BCUT2D eigenvalue weighted by Crippen LogP contribution is -2.58. The van der Waals surface area contributed by atoms with Gasteiger partial charge in [0.1, 0.15) is 6.10 Å². The average Bonchev–Trinajstić information content (AvgIpc) is 2.26. The van der Waals surface area contributed by atoms with E-state index in [0.717, 1.165) is 19.6 Å². The first-order valence-electron chi connectivity index (χ1n) is 5.99. The number of carbonyl (C=O) groups is 1. The fraction of sp³-hybridized carbons (Fsp3) is 0.917. The van der Waals surface area contributed by atoms with Crippen LogP contribution in [0, 0.1) is 5.92 Å². The predicted molar refractivity (Wildman–Crippen MR) is 64.3 cm³/mol. The van der Waals surface area contributed by atoms with Gasteiger partial charge in [-0.25, -0.2) is 0 Å². The standard InChI is InChI=1S/C12H24N2O2/c1-9(2)11-8-13(4)6-7-14(11)12(15)10(3)16-5/h9-11H,6-8H2,1-5H3/t10-,11-/m1/s1. The van der Waals surface area contributed by atoms with Crippen molar-refractivity contribution in [1.82, 2.24) is 9.80 Å². The lowest BCUT2D eigenvalue weighted by atomic mass is 9.99. The van der Waals surface area contributed by atoms with Gasteiger partial charge in [0.05, 0.1) is 0 Å². The number of methoxy groups -OCH3 is 1. The van der Waals surface area contributed by atoms with E-state index in [0.29, 0.717) is 12.0 Å². The molecule has 1 fully saturated rings. The highest BCUT2D eigenvalue weighted by Gasteiger charge is 2.33. The van der Waals surface area contributed by atoms with Gasteiger partial charge in [-0.1, -0.05) is 13.8 Å². The Morgan fingerprint density at radius 2 is 1.94 bits per heavy atom. The van der Waals surface area contributed by atoms with E-state index in [9.17, 15) is 4.79 Å². The molecule has 4 heteroatoms. The van der Waals surface area contributed by atoms with Crippen molar-refractivity contribution in [3.8, 4) is 0 Å². The van der Waals surface area contributed by atoms with Crippen LogP contribution in [0.5, 0.6) is 0 Å². The van der Waals surface area contributed by atoms with Gasteiger partial charge in [-0.2, -0.15) is 0 Å². The van der Waals surface area contributed by atoms with Crippen LogP contribution in [0.25, 0.3) is 0 Å². The zero-order valence-corrected chi connectivity index (χ0v) is 11.1. The second-order valence-electron chi connectivity index (χ2n) is 4.98. The van der Waals surface area contributed by atoms with Crippen LogP contribution in [0.2, 0.25) is 0 Å². The van der Waals surface area contributed by atoms with Crippen LogP contribution in [0.3, 0.4) is 0 Å². The van der Waals surface area contributed by atoms with Crippen LogP contribution >= 0.6 is 0 Å². The number of hydrogen-bond acceptors (Lipinski definition) is 3. The summed E-state index contributed by atoms with van der Waals surface area (Å²) in [6.45, 7) is 8.87. The second-order valence-corrected chi connectivity index (χ2v) is 4.98. The molecule has 1 rings (SSSR count). The number of hydrogen-bond donors (Lipinski definition) is 0. The highest BCUT2D eigenvalue weighted by molar-refractivity contribution is 5.81. The molecule has 0 spiro atoms. The molecule has 0 saturated carbocycles. The van der Waals surface area contributed by atoms with E-state index in [2.05, 4.69) is 25.8 Å². The van der Waals surface area contributed by atoms with Gasteiger partial charge in [0, 0.05) is 32.8 Å². The van der Waals surface area contributed by atoms with Crippen LogP contribution in [-0.2, 0) is 9.53 Å². The summed E-state index contributed by atoms with van der Waals surface area (Å²) in [4.78, 5) is 16.4. The van der Waals surface area contributed by atoms with Gasteiger partial charge >= 0.3 is 0 Å². The molecule has 1 aliphatic rings. The summed E-state index contributed by atoms with van der Waals surface area (Å²) < 4.78 is 5.12. The minimum absolute atomic E-state index is 0.120. The predicted octanol–water partition coefficient (Wildman–Crippen LogP) is 0.820. The third-order valence-corrected chi connectivity index (χ3v) is 3.38. The van der Waals surface area contributed by atoms with E-state index in [1.807, 2.05) is 11.8 Å². The zero-order chi connectivity index (χ0) is 12.3. The number of nitrogens with zero attached hydrogens (tertiary/aromatic N) is 2. The first kappa shape index (κ1) is 13.5. The molecule has 94 valence electrons. The molecular formula is C12H24N2O2. The van der Waals surface area contributed by atoms with Crippen molar-refractivity contribution < 1.29 is 9.53 Å². The minimum Gasteiger partial charge on any atom is -0.372 e. The largest absolute Gasteiger partial charge is 0.372 e. The van der Waals surface area contributed by atoms with Gasteiger partial charge in [-0.15, -0.1) is 0 Å². The first-order chi connectivity index (χ1) is 7.47. The summed E-state index contributed by atoms with van der Waals surface area (Å²) in [7, 11) is 3.69. The van der Waals surface area contributed by atoms with Gasteiger partial charge in [0.15, 0.2) is 0 Å². The maximum Gasteiger partial charge on any atom is 0.251 e. The highest BCUT2D eigenvalue weighted by Crippen LogP contribution is 2.17. The fourth-order valence-electron chi connectivity index (χ4n) is 2.13. The summed E-state index contributed by atoms with van der Waals surface area (Å²) >= 11 is 0. The van der Waals surface area contributed by atoms with Crippen LogP contribution in [0.4, 0.5) is 0 Å². The Kier molecular flexibility index (Phi) is 4.74. The Morgan fingerprint density at radius 1 is 1.31 bits per heavy atom. The SMILES string of the molecule is CO[C@H](C)C(=O)N1CCN(C)C[C@@H]1C(C)C. The Bertz CT molecular complexity index is 243. The molecule has 0 unspecified atom stereocenters. The van der Waals surface area contributed by atoms with Gasteiger partial charge in [-0.05, 0) is 19.9 Å². The summed E-state index contributed by atoms with van der Waals surface area (Å²) in [5, 5.41) is 0. The smallest absolute Gasteiger partial charge is 0.251 e. The fourth-order valence-corrected chi connectivity index (χ4v) is 2.13. The molecule has 1 heterocycles. The molecule has 1 amide bonds. The van der Waals surface area contributed by atoms with Gasteiger partial charge < -0.3 is 14.5 Å². The minimum atomic E-state index is -0.329. The number of piperazine rings is 1. The molecule has 1 aliphatic heterocycles. The summed E-state index contributed by atoms with van der Waals surface area (Å²) in [6.07, 6.45) is -0.329. The van der Waals surface area contributed by atoms with Crippen molar-refractivity contribution in [3.05, 3.63) is 0 Å². The molecule has 0 N–H and O–H groups in total. The normalized spacial score (nSPS) is 24.9. The number of rotatable bonds is 3. The highest BCUT2D eigenvalue weighted by atomic mass is 16.5. The molecule has 0 aliphatic carbocycles. The van der Waals surface area contributed by atoms with Crippen molar-refractivity contribution >= 4 is 5.91 Å². The van der Waals surface area contributed by atoms with Crippen LogP contribution in [0.1, 0.15) is 20.8 Å². The Morgan fingerprint density at radius 3 is 2.44 bits per heavy atom. The lowest BCUT2D eigenvalue weighted by molar-refractivity contribution is -0.147. The maximum atomic E-state index is 12.1. The molecule has 0 bridgehead atoms. The molecule has 1 saturated heterocycles. The first-order valence-corrected chi connectivity index (χ1v) is 5.99. The third kappa shape index (κ3) is 2.95. The lowest BCUT2D eigenvalue weighted by Gasteiger charge is -2.43. The van der Waals surface area contributed by atoms with Gasteiger partial charge in [0.2, 0.25) is 0 Å². The van der Waals surface area contributed by atoms with Gasteiger partial charge in [-0.3, -0.25) is 4.79 Å². The van der Waals surface area contributed by atoms with Crippen LogP contribution in [0.15, 0.2) is 0 Å². The third-order valence-electron chi connectivity index (χ3n) is 3.38. The van der Waals surface area contributed by atoms with E-state index >= 15 is 0 Å². The van der Waals surface area contributed by atoms with E-state index < -0.39 is 0 Å². The quantitative estimate of drug-likeness (QED) is 0.717. The van der Waals surface area contributed by atoms with Gasteiger partial charge in [0.25, 0.3) is 5.91 Å². The monoisotopic (exact) mass is 228 g/mol. The summed E-state index contributed by atoms with van der Waals surface area (Å²) in [5.74, 6) is 0.602. The second kappa shape index (κ2) is 5.64. The zero-order valence-electron chi connectivity index (χ0n) is 11.1. The van der Waals surface area contributed by atoms with E-state index in [4.69, 9.17) is 4.74 Å². The van der Waals surface area contributed by atoms with Crippen molar-refractivity contribution in [2.45, 2.75) is 32.9 Å². The van der Waals surface area contributed by atoms with Crippen molar-refractivity contribution in [2.75, 3.05) is 33.8 Å². The van der Waals surface area contributed by atoms with Crippen LogP contribution < -0.4 is 0 Å².